The third kappa shape index (κ3) is 3.77. The molecule has 0 fully saturated rings. The van der Waals surface area contributed by atoms with E-state index < -0.39 is 18.4 Å². The highest BCUT2D eigenvalue weighted by Crippen LogP contribution is 2.40. The molecular weight excluding hydrogens is 422 g/mol. The number of benzene rings is 2. The molecule has 2 aromatic carbocycles. The minimum Gasteiger partial charge on any atom is -0.453 e. The number of ether oxygens (including phenoxy) is 1. The van der Waals surface area contributed by atoms with Crippen LogP contribution < -0.4 is 9.80 Å². The van der Waals surface area contributed by atoms with E-state index in [0.717, 1.165) is 28.1 Å². The van der Waals surface area contributed by atoms with Crippen LogP contribution in [0.2, 0.25) is 0 Å². The zero-order valence-electron chi connectivity index (χ0n) is 18.0. The van der Waals surface area contributed by atoms with Crippen LogP contribution in [0.5, 0.6) is 0 Å². The van der Waals surface area contributed by atoms with Crippen molar-refractivity contribution in [2.24, 2.45) is 0 Å². The van der Waals surface area contributed by atoms with Gasteiger partial charge in [0.25, 0.3) is 0 Å². The second-order valence-corrected chi connectivity index (χ2v) is 8.36. The third-order valence-electron chi connectivity index (χ3n) is 5.40. The van der Waals surface area contributed by atoms with Gasteiger partial charge in [-0.05, 0) is 36.1 Å². The summed E-state index contributed by atoms with van der Waals surface area (Å²) < 4.78 is 5.32. The second kappa shape index (κ2) is 8.69. The summed E-state index contributed by atoms with van der Waals surface area (Å²) >= 11 is 1.26. The van der Waals surface area contributed by atoms with Gasteiger partial charge in [0.1, 0.15) is 22.3 Å². The minimum atomic E-state index is -0.581. The Labute approximate surface area is 190 Å². The average molecular weight is 444 g/mol. The Kier molecular flexibility index (Phi) is 5.80. The van der Waals surface area contributed by atoms with Gasteiger partial charge in [-0.1, -0.05) is 42.0 Å². The second-order valence-electron chi connectivity index (χ2n) is 7.45. The molecule has 0 bridgehead atoms. The summed E-state index contributed by atoms with van der Waals surface area (Å²) in [7, 11) is 3.60. The number of aryl methyl sites for hydroxylation is 1. The fourth-order valence-electron chi connectivity index (χ4n) is 3.75. The molecule has 0 aliphatic carbocycles. The molecule has 2 heterocycles. The zero-order valence-corrected chi connectivity index (χ0v) is 18.8. The highest BCUT2D eigenvalue weighted by atomic mass is 32.1. The predicted molar refractivity (Wildman–Crippen MR) is 126 cm³/mol. The first-order chi connectivity index (χ1) is 15.4. The van der Waals surface area contributed by atoms with Gasteiger partial charge < -0.3 is 14.5 Å². The number of esters is 1. The monoisotopic (exact) mass is 443 g/mol. The number of hydrogen-bond donors (Lipinski definition) is 0. The molecule has 7 heteroatoms. The number of thiophene rings is 1. The van der Waals surface area contributed by atoms with Crippen molar-refractivity contribution in [2.75, 3.05) is 30.5 Å². The lowest BCUT2D eigenvalue weighted by Crippen LogP contribution is -2.27. The van der Waals surface area contributed by atoms with Crippen LogP contribution in [-0.2, 0) is 9.53 Å². The van der Waals surface area contributed by atoms with E-state index in [1.165, 1.54) is 11.3 Å². The van der Waals surface area contributed by atoms with Crippen LogP contribution in [-0.4, -0.2) is 32.5 Å². The summed E-state index contributed by atoms with van der Waals surface area (Å²) in [5.41, 5.74) is 4.52. The van der Waals surface area contributed by atoms with Gasteiger partial charge in [0.15, 0.2) is 6.61 Å². The lowest BCUT2D eigenvalue weighted by atomic mass is 10.1. The van der Waals surface area contributed by atoms with Crippen molar-refractivity contribution < 1.29 is 14.3 Å². The lowest BCUT2D eigenvalue weighted by Gasteiger charge is -2.19. The molecule has 0 radical (unpaired) electrons. The van der Waals surface area contributed by atoms with Gasteiger partial charge in [-0.25, -0.2) is 4.79 Å². The van der Waals surface area contributed by atoms with Crippen molar-refractivity contribution in [2.45, 2.75) is 6.92 Å². The van der Waals surface area contributed by atoms with Crippen molar-refractivity contribution in [3.05, 3.63) is 81.8 Å². The molecule has 0 saturated heterocycles. The van der Waals surface area contributed by atoms with Crippen molar-refractivity contribution in [3.8, 4) is 17.2 Å². The fourth-order valence-corrected chi connectivity index (χ4v) is 4.56. The Morgan fingerprint density at radius 3 is 2.22 bits per heavy atom. The number of carbonyl (C=O) groups excluding carboxylic acids is 2. The highest BCUT2D eigenvalue weighted by Gasteiger charge is 2.31. The largest absolute Gasteiger partial charge is 0.453 e. The summed E-state index contributed by atoms with van der Waals surface area (Å²) in [6.07, 6.45) is 0. The van der Waals surface area contributed by atoms with E-state index >= 15 is 0 Å². The van der Waals surface area contributed by atoms with Gasteiger partial charge in [-0.2, -0.15) is 5.26 Å². The molecule has 0 unspecified atom stereocenters. The summed E-state index contributed by atoms with van der Waals surface area (Å²) in [5, 5.41) is 11.5. The number of anilines is 2. The molecule has 4 rings (SSSR count). The molecule has 0 amide bonds. The molecule has 1 aliphatic rings. The van der Waals surface area contributed by atoms with Crippen molar-refractivity contribution >= 4 is 34.5 Å². The Morgan fingerprint density at radius 1 is 1.00 bits per heavy atom. The highest BCUT2D eigenvalue weighted by molar-refractivity contribution is 7.12. The average Bonchev–Trinajstić information content (AvgIpc) is 3.38. The molecule has 0 N–H and O–H groups in total. The standard InChI is InChI=1S/C25H21N3O3S/c1-16-8-10-17(11-9-16)18-12-13-32-23(18)25(30)31-15-22(29)19(14-26)24-27(2)20-6-4-5-7-21(20)28(24)3/h4-13H,15H2,1-3H3. The minimum absolute atomic E-state index is 0.0519. The summed E-state index contributed by atoms with van der Waals surface area (Å²) in [6.45, 7) is 1.49. The van der Waals surface area contributed by atoms with Crippen molar-refractivity contribution in [3.63, 3.8) is 0 Å². The van der Waals surface area contributed by atoms with E-state index in [2.05, 4.69) is 0 Å². The first kappa shape index (κ1) is 21.3. The molecular formula is C25H21N3O3S. The molecule has 3 aromatic rings. The van der Waals surface area contributed by atoms with E-state index in [1.54, 1.807) is 23.9 Å². The number of ketones is 1. The van der Waals surface area contributed by atoms with E-state index in [-0.39, 0.29) is 5.57 Å². The van der Waals surface area contributed by atoms with Gasteiger partial charge in [0.2, 0.25) is 5.78 Å². The SMILES string of the molecule is Cc1ccc(-c2ccsc2C(=O)OCC(=O)C(C#N)=C2N(C)c3ccccc3N2C)cc1. The summed E-state index contributed by atoms with van der Waals surface area (Å²) in [5.74, 6) is -0.662. The van der Waals surface area contributed by atoms with Crippen LogP contribution >= 0.6 is 11.3 Å². The molecule has 1 aromatic heterocycles. The Hall–Kier alpha value is -3.89. The molecule has 0 spiro atoms. The smallest absolute Gasteiger partial charge is 0.349 e. The number of para-hydroxylation sites is 2. The van der Waals surface area contributed by atoms with Gasteiger partial charge in [0, 0.05) is 19.7 Å². The Balaban J connectivity index is 1.53. The molecule has 6 nitrogen and oxygen atoms in total. The maximum absolute atomic E-state index is 12.9. The number of hydrogen-bond acceptors (Lipinski definition) is 7. The van der Waals surface area contributed by atoms with Gasteiger partial charge in [-0.3, -0.25) is 4.79 Å². The molecule has 160 valence electrons. The summed E-state index contributed by atoms with van der Waals surface area (Å²) in [4.78, 5) is 29.6. The Bertz CT molecular complexity index is 1240. The van der Waals surface area contributed by atoms with Crippen LogP contribution in [0, 0.1) is 18.3 Å². The van der Waals surface area contributed by atoms with Crippen molar-refractivity contribution in [1.82, 2.24) is 0 Å². The fraction of sp³-hybridized carbons (Fsp3) is 0.160. The Morgan fingerprint density at radius 2 is 1.62 bits per heavy atom. The van der Waals surface area contributed by atoms with Gasteiger partial charge >= 0.3 is 5.97 Å². The van der Waals surface area contributed by atoms with Gasteiger partial charge in [-0.15, -0.1) is 11.3 Å². The van der Waals surface area contributed by atoms with E-state index in [9.17, 15) is 14.9 Å². The first-order valence-corrected chi connectivity index (χ1v) is 10.9. The number of carbonyl (C=O) groups is 2. The van der Waals surface area contributed by atoms with E-state index in [4.69, 9.17) is 4.74 Å². The molecule has 0 saturated carbocycles. The summed E-state index contributed by atoms with van der Waals surface area (Å²) in [6, 6.07) is 19.3. The molecule has 32 heavy (non-hydrogen) atoms. The number of rotatable bonds is 5. The number of nitriles is 1. The van der Waals surface area contributed by atoms with Crippen LogP contribution in [0.4, 0.5) is 11.4 Å². The van der Waals surface area contributed by atoms with Crippen LogP contribution in [0.3, 0.4) is 0 Å². The van der Waals surface area contributed by atoms with Crippen molar-refractivity contribution in [1.29, 1.82) is 5.26 Å². The van der Waals surface area contributed by atoms with Crippen LogP contribution in [0.25, 0.3) is 11.1 Å². The molecule has 0 atom stereocenters. The van der Waals surface area contributed by atoms with E-state index in [1.807, 2.05) is 73.0 Å². The maximum Gasteiger partial charge on any atom is 0.349 e. The van der Waals surface area contributed by atoms with E-state index in [0.29, 0.717) is 10.7 Å². The molecule has 1 aliphatic heterocycles. The van der Waals surface area contributed by atoms with Crippen LogP contribution in [0.1, 0.15) is 15.2 Å². The first-order valence-electron chi connectivity index (χ1n) is 9.98. The van der Waals surface area contributed by atoms with Gasteiger partial charge in [0.05, 0.1) is 11.4 Å². The quantitative estimate of drug-likeness (QED) is 0.321. The maximum atomic E-state index is 12.9. The number of fused-ring (bicyclic) bond motifs is 1. The third-order valence-corrected chi connectivity index (χ3v) is 6.30. The topological polar surface area (TPSA) is 73.6 Å². The lowest BCUT2D eigenvalue weighted by molar-refractivity contribution is -0.118. The number of Topliss-reactive ketones (excluding diaryl/α,β-unsaturated/α-hetero) is 1. The van der Waals surface area contributed by atoms with Crippen LogP contribution in [0.15, 0.2) is 71.4 Å². The normalized spacial score (nSPS) is 12.4. The number of nitrogens with zero attached hydrogens (tertiary/aromatic N) is 3. The predicted octanol–water partition coefficient (Wildman–Crippen LogP) is 4.77. The zero-order chi connectivity index (χ0) is 22.8.